The smallest absolute Gasteiger partial charge is 0.258 e. The zero-order chi connectivity index (χ0) is 23.6. The van der Waals surface area contributed by atoms with E-state index in [1.165, 1.54) is 0 Å². The van der Waals surface area contributed by atoms with Crippen LogP contribution in [0.25, 0.3) is 21.7 Å². The van der Waals surface area contributed by atoms with E-state index < -0.39 is 0 Å². The van der Waals surface area contributed by atoms with E-state index in [1.807, 2.05) is 32.0 Å². The van der Waals surface area contributed by atoms with Crippen molar-refractivity contribution in [2.75, 3.05) is 5.32 Å². The third kappa shape index (κ3) is 5.14. The van der Waals surface area contributed by atoms with Crippen molar-refractivity contribution in [1.82, 2.24) is 9.97 Å². The van der Waals surface area contributed by atoms with Crippen molar-refractivity contribution in [2.24, 2.45) is 17.3 Å². The second-order valence-corrected chi connectivity index (χ2v) is 10.1. The second kappa shape index (κ2) is 9.09. The van der Waals surface area contributed by atoms with Crippen LogP contribution >= 0.6 is 0 Å². The SMILES string of the molecule is CC(C)C#Cc1ccc2c(NC(C)C(C)(C)C)nc3c(C#CC(C)C)c[nH]c(=O)c3c2c1. The lowest BCUT2D eigenvalue weighted by atomic mass is 9.88. The molecule has 0 spiro atoms. The summed E-state index contributed by atoms with van der Waals surface area (Å²) in [6.07, 6.45) is 1.66. The average molecular weight is 428 g/mol. The van der Waals surface area contributed by atoms with Crippen LogP contribution in [0, 0.1) is 40.9 Å². The molecule has 4 heteroatoms. The number of benzene rings is 1. The van der Waals surface area contributed by atoms with Crippen LogP contribution in [-0.4, -0.2) is 16.0 Å². The molecule has 0 amide bonds. The number of aromatic amines is 1. The molecule has 0 radical (unpaired) electrons. The van der Waals surface area contributed by atoms with Crippen LogP contribution in [0.3, 0.4) is 0 Å². The molecule has 166 valence electrons. The standard InChI is InChI=1S/C28H33N3O/c1-17(2)9-11-20-12-14-22-23(15-20)24-25(31-26(22)30-19(5)28(6,7)8)21(13-10-18(3)4)16-29-27(24)32/h12,14-19H,1-8H3,(H,29,32)(H,30,31). The molecule has 1 atom stereocenters. The maximum Gasteiger partial charge on any atom is 0.258 e. The largest absolute Gasteiger partial charge is 0.367 e. The molecular weight excluding hydrogens is 394 g/mol. The van der Waals surface area contributed by atoms with Gasteiger partial charge in [-0.15, -0.1) is 0 Å². The van der Waals surface area contributed by atoms with Crippen molar-refractivity contribution >= 4 is 27.5 Å². The van der Waals surface area contributed by atoms with Crippen LogP contribution in [0.15, 0.2) is 29.2 Å². The number of nitrogens with zero attached hydrogens (tertiary/aromatic N) is 1. The Kier molecular flexibility index (Phi) is 6.65. The topological polar surface area (TPSA) is 57.8 Å². The number of nitrogens with one attached hydrogen (secondary N) is 2. The highest BCUT2D eigenvalue weighted by Crippen LogP contribution is 2.32. The predicted octanol–water partition coefficient (Wildman–Crippen LogP) is 5.94. The fraction of sp³-hybridized carbons (Fsp3) is 0.429. The molecule has 0 aliphatic rings. The quantitative estimate of drug-likeness (QED) is 0.393. The van der Waals surface area contributed by atoms with Crippen LogP contribution in [0.1, 0.15) is 66.5 Å². The van der Waals surface area contributed by atoms with Gasteiger partial charge in [0.1, 0.15) is 5.82 Å². The molecule has 0 aliphatic carbocycles. The first-order valence-electron chi connectivity index (χ1n) is 11.3. The molecule has 1 aromatic carbocycles. The lowest BCUT2D eigenvalue weighted by Crippen LogP contribution is -2.31. The summed E-state index contributed by atoms with van der Waals surface area (Å²) in [6.45, 7) is 16.9. The van der Waals surface area contributed by atoms with Crippen molar-refractivity contribution in [2.45, 2.75) is 61.4 Å². The number of H-pyrrole nitrogens is 1. The van der Waals surface area contributed by atoms with Gasteiger partial charge in [0.2, 0.25) is 0 Å². The number of pyridine rings is 2. The van der Waals surface area contributed by atoms with Gasteiger partial charge in [-0.2, -0.15) is 0 Å². The van der Waals surface area contributed by atoms with E-state index in [9.17, 15) is 4.79 Å². The van der Waals surface area contributed by atoms with E-state index in [1.54, 1.807) is 6.20 Å². The molecule has 4 nitrogen and oxygen atoms in total. The summed E-state index contributed by atoms with van der Waals surface area (Å²) < 4.78 is 0. The van der Waals surface area contributed by atoms with Gasteiger partial charge in [0.25, 0.3) is 5.56 Å². The molecule has 2 heterocycles. The highest BCUT2D eigenvalue weighted by Gasteiger charge is 2.22. The van der Waals surface area contributed by atoms with Gasteiger partial charge >= 0.3 is 0 Å². The highest BCUT2D eigenvalue weighted by atomic mass is 16.1. The average Bonchev–Trinajstić information content (AvgIpc) is 2.70. The summed E-state index contributed by atoms with van der Waals surface area (Å²) in [4.78, 5) is 20.7. The highest BCUT2D eigenvalue weighted by molar-refractivity contribution is 6.11. The summed E-state index contributed by atoms with van der Waals surface area (Å²) >= 11 is 0. The zero-order valence-corrected chi connectivity index (χ0v) is 20.4. The summed E-state index contributed by atoms with van der Waals surface area (Å²) in [5.74, 6) is 14.1. The zero-order valence-electron chi connectivity index (χ0n) is 20.4. The van der Waals surface area contributed by atoms with Gasteiger partial charge < -0.3 is 10.3 Å². The summed E-state index contributed by atoms with van der Waals surface area (Å²) in [5, 5.41) is 5.89. The number of hydrogen-bond donors (Lipinski definition) is 2. The summed E-state index contributed by atoms with van der Waals surface area (Å²) in [7, 11) is 0. The molecule has 0 aliphatic heterocycles. The van der Waals surface area contributed by atoms with E-state index in [2.05, 4.69) is 75.5 Å². The molecule has 0 fully saturated rings. The number of aromatic nitrogens is 2. The molecular formula is C28H33N3O. The monoisotopic (exact) mass is 427 g/mol. The maximum absolute atomic E-state index is 13.0. The first kappa shape index (κ1) is 23.4. The fourth-order valence-electron chi connectivity index (χ4n) is 3.17. The van der Waals surface area contributed by atoms with E-state index in [0.29, 0.717) is 10.9 Å². The van der Waals surface area contributed by atoms with E-state index in [-0.39, 0.29) is 28.9 Å². The Hall–Kier alpha value is -3.24. The van der Waals surface area contributed by atoms with Crippen molar-refractivity contribution in [3.63, 3.8) is 0 Å². The van der Waals surface area contributed by atoms with Crippen LogP contribution in [-0.2, 0) is 0 Å². The molecule has 1 unspecified atom stereocenters. The summed E-state index contributed by atoms with van der Waals surface area (Å²) in [6, 6.07) is 6.17. The van der Waals surface area contributed by atoms with E-state index in [4.69, 9.17) is 4.98 Å². The summed E-state index contributed by atoms with van der Waals surface area (Å²) in [5.41, 5.74) is 2.09. The fourth-order valence-corrected chi connectivity index (χ4v) is 3.17. The molecule has 3 rings (SSSR count). The Bertz CT molecular complexity index is 1330. The van der Waals surface area contributed by atoms with Crippen LogP contribution in [0.4, 0.5) is 5.82 Å². The minimum Gasteiger partial charge on any atom is -0.367 e. The van der Waals surface area contributed by atoms with Gasteiger partial charge in [0.05, 0.1) is 16.5 Å². The Balaban J connectivity index is 2.39. The third-order valence-corrected chi connectivity index (χ3v) is 5.49. The maximum atomic E-state index is 13.0. The predicted molar refractivity (Wildman–Crippen MR) is 136 cm³/mol. The van der Waals surface area contributed by atoms with Crippen LogP contribution in [0.5, 0.6) is 0 Å². The number of fused-ring (bicyclic) bond motifs is 3. The number of rotatable bonds is 2. The first-order chi connectivity index (χ1) is 15.0. The van der Waals surface area contributed by atoms with Crippen LogP contribution < -0.4 is 10.9 Å². The van der Waals surface area contributed by atoms with E-state index >= 15 is 0 Å². The van der Waals surface area contributed by atoms with Gasteiger partial charge in [0.15, 0.2) is 0 Å². The van der Waals surface area contributed by atoms with Crippen molar-refractivity contribution in [1.29, 1.82) is 0 Å². The van der Waals surface area contributed by atoms with Crippen molar-refractivity contribution in [3.05, 3.63) is 45.9 Å². The Morgan fingerprint density at radius 3 is 2.25 bits per heavy atom. The molecule has 3 aromatic rings. The Labute approximate surface area is 191 Å². The molecule has 2 aromatic heterocycles. The van der Waals surface area contributed by atoms with Gasteiger partial charge in [0, 0.05) is 40.4 Å². The third-order valence-electron chi connectivity index (χ3n) is 5.49. The molecule has 0 bridgehead atoms. The minimum absolute atomic E-state index is 0.0417. The van der Waals surface area contributed by atoms with Gasteiger partial charge in [-0.3, -0.25) is 4.79 Å². The normalized spacial score (nSPS) is 12.4. The first-order valence-corrected chi connectivity index (χ1v) is 11.3. The van der Waals surface area contributed by atoms with E-state index in [0.717, 1.165) is 27.7 Å². The lowest BCUT2D eigenvalue weighted by Gasteiger charge is -2.29. The second-order valence-electron chi connectivity index (χ2n) is 10.1. The Morgan fingerprint density at radius 2 is 1.62 bits per heavy atom. The van der Waals surface area contributed by atoms with Crippen molar-refractivity contribution in [3.8, 4) is 23.7 Å². The molecule has 0 saturated carbocycles. The van der Waals surface area contributed by atoms with Crippen LogP contribution in [0.2, 0.25) is 0 Å². The number of hydrogen-bond acceptors (Lipinski definition) is 3. The molecule has 0 saturated heterocycles. The molecule has 2 N–H and O–H groups in total. The minimum atomic E-state index is -0.169. The van der Waals surface area contributed by atoms with Crippen molar-refractivity contribution < 1.29 is 0 Å². The van der Waals surface area contributed by atoms with Gasteiger partial charge in [-0.05, 0) is 30.5 Å². The van der Waals surface area contributed by atoms with Gasteiger partial charge in [-0.1, -0.05) is 72.1 Å². The molecule has 32 heavy (non-hydrogen) atoms. The number of anilines is 1. The van der Waals surface area contributed by atoms with Gasteiger partial charge in [-0.25, -0.2) is 4.98 Å². The lowest BCUT2D eigenvalue weighted by molar-refractivity contribution is 0.359. The Morgan fingerprint density at radius 1 is 0.969 bits per heavy atom.